The minimum Gasteiger partial charge on any atom is -0.364 e. The van der Waals surface area contributed by atoms with Gasteiger partial charge in [0, 0.05) is 26.0 Å². The topological polar surface area (TPSA) is 97.2 Å². The van der Waals surface area contributed by atoms with Crippen LogP contribution in [0.15, 0.2) is 53.1 Å². The average molecular weight is 475 g/mol. The number of nitrogens with zero attached hydrogens (tertiary/aromatic N) is 4. The summed E-state index contributed by atoms with van der Waals surface area (Å²) >= 11 is 0. The molecule has 2 aliphatic heterocycles. The number of likely N-dealkylation sites (N-methyl/N-ethyl adjacent to an activating group) is 1. The highest BCUT2D eigenvalue weighted by molar-refractivity contribution is 5.96. The predicted molar refractivity (Wildman–Crippen MR) is 136 cm³/mol. The number of benzene rings is 1. The van der Waals surface area contributed by atoms with Crippen molar-refractivity contribution in [2.75, 3.05) is 33.2 Å². The van der Waals surface area contributed by atoms with Gasteiger partial charge in [0.25, 0.3) is 11.5 Å². The quantitative estimate of drug-likeness (QED) is 0.643. The number of aromatic nitrogens is 2. The van der Waals surface area contributed by atoms with Gasteiger partial charge in [-0.25, -0.2) is 4.68 Å². The van der Waals surface area contributed by atoms with Crippen LogP contribution < -0.4 is 10.9 Å². The van der Waals surface area contributed by atoms with Crippen molar-refractivity contribution in [1.82, 2.24) is 24.9 Å². The third-order valence-electron chi connectivity index (χ3n) is 7.00. The number of likely N-dealkylation sites (tertiary alicyclic amines) is 1. The third-order valence-corrected chi connectivity index (χ3v) is 7.00. The maximum absolute atomic E-state index is 13.2. The first-order valence-electron chi connectivity index (χ1n) is 12.3. The molecule has 3 heterocycles. The standard InChI is InChI=1S/C27H34N6O2/c1-20-16-21(17-28)8-9-23(20)24-19-30-33(26(24)35)27(2)11-10-22(18-29-27)25(34)31(3)12-7-15-32-13-5-4-6-14-32/h8-11,16,18-19,29-30H,4-7,12-15H2,1-3H3. The number of aryl methyl sites for hydroxylation is 1. The molecule has 0 aliphatic carbocycles. The Kier molecular flexibility index (Phi) is 7.27. The molecule has 8 nitrogen and oxygen atoms in total. The fourth-order valence-electron chi connectivity index (χ4n) is 4.82. The summed E-state index contributed by atoms with van der Waals surface area (Å²) in [5, 5.41) is 15.4. The van der Waals surface area contributed by atoms with Gasteiger partial charge in [0.2, 0.25) is 0 Å². The lowest BCUT2D eigenvalue weighted by molar-refractivity contribution is -0.125. The van der Waals surface area contributed by atoms with Gasteiger partial charge in [-0.05, 0) is 88.2 Å². The molecule has 0 spiro atoms. The zero-order valence-corrected chi connectivity index (χ0v) is 20.8. The molecule has 1 amide bonds. The molecule has 2 aromatic rings. The van der Waals surface area contributed by atoms with E-state index in [-0.39, 0.29) is 11.5 Å². The smallest absolute Gasteiger partial charge is 0.276 e. The number of nitriles is 1. The Balaban J connectivity index is 1.40. The Bertz CT molecular complexity index is 1240. The van der Waals surface area contributed by atoms with Gasteiger partial charge in [-0.2, -0.15) is 5.26 Å². The summed E-state index contributed by atoms with van der Waals surface area (Å²) in [6.45, 7) is 7.83. The highest BCUT2D eigenvalue weighted by Gasteiger charge is 2.29. The van der Waals surface area contributed by atoms with Crippen LogP contribution in [-0.4, -0.2) is 58.7 Å². The second-order valence-electron chi connectivity index (χ2n) is 9.68. The van der Waals surface area contributed by atoms with Gasteiger partial charge in [-0.15, -0.1) is 0 Å². The van der Waals surface area contributed by atoms with E-state index in [1.54, 1.807) is 41.6 Å². The maximum atomic E-state index is 13.2. The van der Waals surface area contributed by atoms with Crippen LogP contribution in [0.5, 0.6) is 0 Å². The van der Waals surface area contributed by atoms with Gasteiger partial charge in [-0.3, -0.25) is 14.7 Å². The number of amides is 1. The lowest BCUT2D eigenvalue weighted by atomic mass is 10.0. The molecule has 184 valence electrons. The molecule has 1 aromatic heterocycles. The molecule has 8 heteroatoms. The van der Waals surface area contributed by atoms with Crippen LogP contribution >= 0.6 is 0 Å². The molecule has 2 aliphatic rings. The molecule has 1 aromatic carbocycles. The molecule has 0 saturated carbocycles. The summed E-state index contributed by atoms with van der Waals surface area (Å²) < 4.78 is 1.51. The van der Waals surface area contributed by atoms with Crippen LogP contribution in [0.2, 0.25) is 0 Å². The van der Waals surface area contributed by atoms with Crippen molar-refractivity contribution in [3.05, 3.63) is 69.8 Å². The van der Waals surface area contributed by atoms with E-state index in [0.717, 1.165) is 24.1 Å². The van der Waals surface area contributed by atoms with E-state index in [1.807, 2.05) is 27.0 Å². The molecule has 35 heavy (non-hydrogen) atoms. The highest BCUT2D eigenvalue weighted by Crippen LogP contribution is 2.24. The van der Waals surface area contributed by atoms with Crippen molar-refractivity contribution in [3.63, 3.8) is 0 Å². The van der Waals surface area contributed by atoms with Crippen molar-refractivity contribution in [2.45, 2.75) is 45.2 Å². The summed E-state index contributed by atoms with van der Waals surface area (Å²) in [5.74, 6) is -0.0397. The van der Waals surface area contributed by atoms with E-state index in [9.17, 15) is 9.59 Å². The molecule has 1 atom stereocenters. The second kappa shape index (κ2) is 10.4. The summed E-state index contributed by atoms with van der Waals surface area (Å²) in [7, 11) is 1.84. The SMILES string of the molecule is Cc1cc(C#N)ccc1-c1c[nH]n(C2(C)C=CC(C(=O)N(C)CCCN3CCCCC3)=CN2)c1=O. The number of dihydropyridines is 1. The molecule has 0 radical (unpaired) electrons. The molecule has 4 rings (SSSR count). The highest BCUT2D eigenvalue weighted by atomic mass is 16.2. The molecule has 0 bridgehead atoms. The van der Waals surface area contributed by atoms with Crippen LogP contribution in [0.25, 0.3) is 11.1 Å². The van der Waals surface area contributed by atoms with Gasteiger partial charge < -0.3 is 15.1 Å². The van der Waals surface area contributed by atoms with E-state index < -0.39 is 5.66 Å². The van der Waals surface area contributed by atoms with Gasteiger partial charge >= 0.3 is 0 Å². The summed E-state index contributed by atoms with van der Waals surface area (Å²) in [6, 6.07) is 7.41. The Hall–Kier alpha value is -3.57. The number of aromatic amines is 1. The van der Waals surface area contributed by atoms with Crippen LogP contribution in [0, 0.1) is 18.3 Å². The maximum Gasteiger partial charge on any atom is 0.276 e. The predicted octanol–water partition coefficient (Wildman–Crippen LogP) is 3.07. The van der Waals surface area contributed by atoms with Crippen LogP contribution in [0.4, 0.5) is 0 Å². The molecular weight excluding hydrogens is 440 g/mol. The van der Waals surface area contributed by atoms with E-state index in [2.05, 4.69) is 21.4 Å². The monoisotopic (exact) mass is 474 g/mol. The Morgan fingerprint density at radius 2 is 2.00 bits per heavy atom. The molecule has 1 unspecified atom stereocenters. The molecule has 1 saturated heterocycles. The van der Waals surface area contributed by atoms with Crippen molar-refractivity contribution in [1.29, 1.82) is 5.26 Å². The van der Waals surface area contributed by atoms with E-state index >= 15 is 0 Å². The number of rotatable bonds is 7. The number of nitrogens with one attached hydrogen (secondary N) is 2. The largest absolute Gasteiger partial charge is 0.364 e. The van der Waals surface area contributed by atoms with Gasteiger partial charge in [0.1, 0.15) is 5.66 Å². The fraction of sp³-hybridized carbons (Fsp3) is 0.444. The number of H-pyrrole nitrogens is 1. The molecular formula is C27H34N6O2. The summed E-state index contributed by atoms with van der Waals surface area (Å²) in [5.41, 5.74) is 2.27. The Labute approximate surface area is 206 Å². The first kappa shape index (κ1) is 24.6. The molecule has 1 fully saturated rings. The number of hydrogen-bond acceptors (Lipinski definition) is 5. The zero-order chi connectivity index (χ0) is 25.0. The van der Waals surface area contributed by atoms with Gasteiger partial charge in [0.15, 0.2) is 0 Å². The minimum absolute atomic E-state index is 0.0397. The van der Waals surface area contributed by atoms with Gasteiger partial charge in [-0.1, -0.05) is 12.5 Å². The number of carbonyl (C=O) groups is 1. The van der Waals surface area contributed by atoms with E-state index in [4.69, 9.17) is 5.26 Å². The summed E-state index contributed by atoms with van der Waals surface area (Å²) in [4.78, 5) is 30.4. The van der Waals surface area contributed by atoms with Crippen molar-refractivity contribution >= 4 is 5.91 Å². The van der Waals surface area contributed by atoms with Crippen LogP contribution in [-0.2, 0) is 10.5 Å². The normalized spacial score (nSPS) is 20.1. The Morgan fingerprint density at radius 1 is 1.23 bits per heavy atom. The van der Waals surface area contributed by atoms with Crippen LogP contribution in [0.3, 0.4) is 0 Å². The van der Waals surface area contributed by atoms with Crippen molar-refractivity contribution in [3.8, 4) is 17.2 Å². The van der Waals surface area contributed by atoms with Gasteiger partial charge in [0.05, 0.1) is 22.8 Å². The third kappa shape index (κ3) is 5.25. The second-order valence-corrected chi connectivity index (χ2v) is 9.68. The Morgan fingerprint density at radius 3 is 2.66 bits per heavy atom. The number of hydrogen-bond donors (Lipinski definition) is 2. The average Bonchev–Trinajstić information content (AvgIpc) is 3.26. The van der Waals surface area contributed by atoms with E-state index in [0.29, 0.717) is 23.2 Å². The lowest BCUT2D eigenvalue weighted by Crippen LogP contribution is -2.48. The van der Waals surface area contributed by atoms with Crippen molar-refractivity contribution < 1.29 is 4.79 Å². The fourth-order valence-corrected chi connectivity index (χ4v) is 4.82. The lowest BCUT2D eigenvalue weighted by Gasteiger charge is -2.31. The van der Waals surface area contributed by atoms with Crippen molar-refractivity contribution in [2.24, 2.45) is 0 Å². The zero-order valence-electron chi connectivity index (χ0n) is 20.8. The summed E-state index contributed by atoms with van der Waals surface area (Å²) in [6.07, 6.45) is 11.8. The number of piperidine rings is 1. The minimum atomic E-state index is -0.841. The number of carbonyl (C=O) groups excluding carboxylic acids is 1. The first-order valence-corrected chi connectivity index (χ1v) is 12.3. The van der Waals surface area contributed by atoms with E-state index in [1.165, 1.54) is 37.0 Å². The molecule has 2 N–H and O–H groups in total. The first-order chi connectivity index (χ1) is 16.8. The van der Waals surface area contributed by atoms with Crippen LogP contribution in [0.1, 0.15) is 43.7 Å².